The van der Waals surface area contributed by atoms with Crippen LogP contribution in [-0.4, -0.2) is 17.5 Å². The Kier molecular flexibility index (Phi) is 1.77. The van der Waals surface area contributed by atoms with Crippen molar-refractivity contribution in [1.29, 1.82) is 0 Å². The van der Waals surface area contributed by atoms with Crippen LogP contribution in [-0.2, 0) is 0 Å². The lowest BCUT2D eigenvalue weighted by atomic mass is 10.1. The van der Waals surface area contributed by atoms with Gasteiger partial charge in [0.25, 0.3) is 0 Å². The number of ether oxygens (including phenoxy) is 1. The molecule has 1 N–H and O–H groups in total. The number of hydrogen-bond acceptors (Lipinski definition) is 3. The van der Waals surface area contributed by atoms with Crippen LogP contribution >= 0.6 is 15.9 Å². The van der Waals surface area contributed by atoms with Gasteiger partial charge in [-0.25, -0.2) is 0 Å². The molecule has 0 aromatic heterocycles. The average Bonchev–Trinajstić information content (AvgIpc) is 2.46. The van der Waals surface area contributed by atoms with E-state index in [0.717, 1.165) is 15.8 Å². The zero-order valence-electron chi connectivity index (χ0n) is 6.12. The molecule has 1 aromatic carbocycles. The van der Waals surface area contributed by atoms with E-state index in [-0.39, 0.29) is 0 Å². The lowest BCUT2D eigenvalue weighted by molar-refractivity contribution is 0.313. The zero-order chi connectivity index (χ0) is 8.55. The van der Waals surface area contributed by atoms with Gasteiger partial charge in [-0.3, -0.25) is 0 Å². The first-order valence-electron chi connectivity index (χ1n) is 3.45. The van der Waals surface area contributed by atoms with Crippen LogP contribution in [0.25, 0.3) is 0 Å². The Hall–Kier alpha value is -1.03. The molecule has 62 valence electrons. The standard InChI is InChI=1S/C8H6BrNO2/c9-5-1-2-6-7(10-11)4-12-8(6)3-5/h1-3,11H,4H2. The van der Waals surface area contributed by atoms with Crippen LogP contribution in [0.3, 0.4) is 0 Å². The monoisotopic (exact) mass is 227 g/mol. The third-order valence-corrected chi connectivity index (χ3v) is 2.23. The summed E-state index contributed by atoms with van der Waals surface area (Å²) in [7, 11) is 0. The van der Waals surface area contributed by atoms with Gasteiger partial charge in [-0.1, -0.05) is 21.1 Å². The molecule has 1 heterocycles. The Labute approximate surface area is 77.8 Å². The van der Waals surface area contributed by atoms with Gasteiger partial charge in [0.1, 0.15) is 18.1 Å². The molecule has 1 aliphatic rings. The molecule has 1 aliphatic heterocycles. The summed E-state index contributed by atoms with van der Waals surface area (Å²) in [6.45, 7) is 0.349. The van der Waals surface area contributed by atoms with Crippen molar-refractivity contribution in [1.82, 2.24) is 0 Å². The molecule has 0 spiro atoms. The Balaban J connectivity index is 2.55. The van der Waals surface area contributed by atoms with Gasteiger partial charge < -0.3 is 9.94 Å². The van der Waals surface area contributed by atoms with E-state index in [1.807, 2.05) is 18.2 Å². The van der Waals surface area contributed by atoms with Gasteiger partial charge in [0, 0.05) is 10.0 Å². The van der Waals surface area contributed by atoms with Gasteiger partial charge in [0.05, 0.1) is 0 Å². The molecule has 0 saturated heterocycles. The largest absolute Gasteiger partial charge is 0.486 e. The molecule has 3 nitrogen and oxygen atoms in total. The Morgan fingerprint density at radius 1 is 1.50 bits per heavy atom. The quantitative estimate of drug-likeness (QED) is 0.545. The van der Waals surface area contributed by atoms with E-state index in [1.165, 1.54) is 0 Å². The number of fused-ring (bicyclic) bond motifs is 1. The van der Waals surface area contributed by atoms with Crippen LogP contribution < -0.4 is 4.74 Å². The SMILES string of the molecule is ON=C1COc2cc(Br)ccc21. The average molecular weight is 228 g/mol. The maximum atomic E-state index is 8.58. The van der Waals surface area contributed by atoms with E-state index in [1.54, 1.807) is 0 Å². The Morgan fingerprint density at radius 2 is 2.33 bits per heavy atom. The predicted molar refractivity (Wildman–Crippen MR) is 48.0 cm³/mol. The van der Waals surface area contributed by atoms with Crippen molar-refractivity contribution >= 4 is 21.6 Å². The predicted octanol–water partition coefficient (Wildman–Crippen LogP) is 2.02. The molecule has 0 atom stereocenters. The third-order valence-electron chi connectivity index (χ3n) is 1.74. The van der Waals surface area contributed by atoms with Crippen LogP contribution in [0.1, 0.15) is 5.56 Å². The molecule has 12 heavy (non-hydrogen) atoms. The molecule has 0 fully saturated rings. The first-order chi connectivity index (χ1) is 5.81. The van der Waals surface area contributed by atoms with E-state index < -0.39 is 0 Å². The summed E-state index contributed by atoms with van der Waals surface area (Å²) in [5.74, 6) is 0.761. The molecule has 4 heteroatoms. The summed E-state index contributed by atoms with van der Waals surface area (Å²) in [6, 6.07) is 5.60. The summed E-state index contributed by atoms with van der Waals surface area (Å²) in [4.78, 5) is 0. The molecule has 0 radical (unpaired) electrons. The molecule has 0 aliphatic carbocycles. The fraction of sp³-hybridized carbons (Fsp3) is 0.125. The van der Waals surface area contributed by atoms with E-state index in [0.29, 0.717) is 12.3 Å². The fourth-order valence-electron chi connectivity index (χ4n) is 1.16. The van der Waals surface area contributed by atoms with Crippen LogP contribution in [0.2, 0.25) is 0 Å². The van der Waals surface area contributed by atoms with Crippen molar-refractivity contribution in [3.63, 3.8) is 0 Å². The lowest BCUT2D eigenvalue weighted by Crippen LogP contribution is -2.01. The van der Waals surface area contributed by atoms with E-state index in [2.05, 4.69) is 21.1 Å². The van der Waals surface area contributed by atoms with Gasteiger partial charge in [-0.15, -0.1) is 0 Å². The van der Waals surface area contributed by atoms with Crippen LogP contribution in [0.5, 0.6) is 5.75 Å². The summed E-state index contributed by atoms with van der Waals surface area (Å²) >= 11 is 3.32. The molecule has 0 bridgehead atoms. The summed E-state index contributed by atoms with van der Waals surface area (Å²) < 4.78 is 6.22. The number of hydrogen-bond donors (Lipinski definition) is 1. The lowest BCUT2D eigenvalue weighted by Gasteiger charge is -1.96. The highest BCUT2D eigenvalue weighted by atomic mass is 79.9. The smallest absolute Gasteiger partial charge is 0.134 e. The van der Waals surface area contributed by atoms with Gasteiger partial charge in [-0.05, 0) is 18.2 Å². The summed E-state index contributed by atoms with van der Waals surface area (Å²) in [5, 5.41) is 11.7. The molecule has 0 amide bonds. The molecule has 0 unspecified atom stereocenters. The van der Waals surface area contributed by atoms with Crippen molar-refractivity contribution in [2.45, 2.75) is 0 Å². The topological polar surface area (TPSA) is 41.8 Å². The number of benzene rings is 1. The third kappa shape index (κ3) is 1.08. The van der Waals surface area contributed by atoms with Gasteiger partial charge in [0.2, 0.25) is 0 Å². The molecule has 2 rings (SSSR count). The summed E-state index contributed by atoms with van der Waals surface area (Å²) in [5.41, 5.74) is 1.44. The fourth-order valence-corrected chi connectivity index (χ4v) is 1.50. The first kappa shape index (κ1) is 7.61. The van der Waals surface area contributed by atoms with E-state index in [4.69, 9.17) is 9.94 Å². The van der Waals surface area contributed by atoms with Crippen LogP contribution in [0.15, 0.2) is 27.8 Å². The van der Waals surface area contributed by atoms with Crippen LogP contribution in [0, 0.1) is 0 Å². The normalized spacial score (nSPS) is 17.6. The number of oxime groups is 1. The number of rotatable bonds is 0. The highest BCUT2D eigenvalue weighted by Gasteiger charge is 2.19. The molecular formula is C8H6BrNO2. The molecule has 0 saturated carbocycles. The second kappa shape index (κ2) is 2.79. The van der Waals surface area contributed by atoms with Gasteiger partial charge in [0.15, 0.2) is 0 Å². The second-order valence-electron chi connectivity index (χ2n) is 2.48. The molecule has 1 aromatic rings. The van der Waals surface area contributed by atoms with Crippen molar-refractivity contribution in [3.8, 4) is 5.75 Å². The minimum Gasteiger partial charge on any atom is -0.486 e. The highest BCUT2D eigenvalue weighted by Crippen LogP contribution is 2.28. The minimum atomic E-state index is 0.349. The zero-order valence-corrected chi connectivity index (χ0v) is 7.71. The maximum absolute atomic E-state index is 8.58. The number of nitrogens with zero attached hydrogens (tertiary/aromatic N) is 1. The summed E-state index contributed by atoms with van der Waals surface area (Å²) in [6.07, 6.45) is 0. The van der Waals surface area contributed by atoms with Gasteiger partial charge in [-0.2, -0.15) is 0 Å². The first-order valence-corrected chi connectivity index (χ1v) is 4.24. The van der Waals surface area contributed by atoms with E-state index >= 15 is 0 Å². The molecular weight excluding hydrogens is 222 g/mol. The van der Waals surface area contributed by atoms with Gasteiger partial charge >= 0.3 is 0 Å². The maximum Gasteiger partial charge on any atom is 0.134 e. The highest BCUT2D eigenvalue weighted by molar-refractivity contribution is 9.10. The van der Waals surface area contributed by atoms with Crippen molar-refractivity contribution in [3.05, 3.63) is 28.2 Å². The van der Waals surface area contributed by atoms with Crippen LogP contribution in [0.4, 0.5) is 0 Å². The van der Waals surface area contributed by atoms with Crippen molar-refractivity contribution < 1.29 is 9.94 Å². The van der Waals surface area contributed by atoms with Crippen molar-refractivity contribution in [2.24, 2.45) is 5.16 Å². The minimum absolute atomic E-state index is 0.349. The Bertz CT molecular complexity index is 349. The second-order valence-corrected chi connectivity index (χ2v) is 3.39. The van der Waals surface area contributed by atoms with Crippen molar-refractivity contribution in [2.75, 3.05) is 6.61 Å². The number of halogens is 1. The van der Waals surface area contributed by atoms with E-state index in [9.17, 15) is 0 Å². The Morgan fingerprint density at radius 3 is 3.08 bits per heavy atom.